The molecule has 2 aromatic heterocycles. The van der Waals surface area contributed by atoms with Crippen LogP contribution in [-0.2, 0) is 13.8 Å². The Morgan fingerprint density at radius 1 is 1.24 bits per heavy atom. The Bertz CT molecular complexity index is 910. The lowest BCUT2D eigenvalue weighted by atomic mass is 10.1. The number of aryl methyl sites for hydroxylation is 4. The molecule has 0 spiro atoms. The molecule has 130 valence electrons. The fourth-order valence-corrected chi connectivity index (χ4v) is 2.61. The van der Waals surface area contributed by atoms with Gasteiger partial charge in [0.1, 0.15) is 11.4 Å². The van der Waals surface area contributed by atoms with Gasteiger partial charge in [-0.25, -0.2) is 4.68 Å². The van der Waals surface area contributed by atoms with E-state index in [9.17, 15) is 4.79 Å². The Morgan fingerprint density at radius 3 is 2.72 bits per heavy atom. The van der Waals surface area contributed by atoms with E-state index < -0.39 is 0 Å². The number of carbonyl (C=O) groups excluding carboxylic acids is 1. The topological polar surface area (TPSA) is 74.0 Å². The second-order valence-corrected chi connectivity index (χ2v) is 6.06. The van der Waals surface area contributed by atoms with E-state index in [-0.39, 0.29) is 12.6 Å². The Morgan fingerprint density at radius 2 is 2.04 bits per heavy atom. The van der Waals surface area contributed by atoms with Crippen molar-refractivity contribution in [2.45, 2.75) is 27.5 Å². The van der Waals surface area contributed by atoms with Gasteiger partial charge in [-0.3, -0.25) is 9.48 Å². The molecule has 0 radical (unpaired) electrons. The highest BCUT2D eigenvalue weighted by atomic mass is 16.5. The summed E-state index contributed by atoms with van der Waals surface area (Å²) in [5.41, 5.74) is 4.17. The zero-order valence-corrected chi connectivity index (χ0v) is 14.8. The van der Waals surface area contributed by atoms with Crippen molar-refractivity contribution >= 4 is 11.6 Å². The number of ether oxygens (including phenoxy) is 1. The second kappa shape index (κ2) is 6.80. The summed E-state index contributed by atoms with van der Waals surface area (Å²) < 4.78 is 8.96. The third-order valence-corrected chi connectivity index (χ3v) is 3.81. The van der Waals surface area contributed by atoms with Crippen LogP contribution < -0.4 is 10.1 Å². The standard InChI is InChI=1S/C18H21N5O2/c1-12-5-6-17(13(2)7-12)25-11-23-10-15(9-19-23)20-18(24)16-8-14(3)21-22(16)4/h5-10H,11H2,1-4H3,(H,20,24). The van der Waals surface area contributed by atoms with Gasteiger partial charge in [-0.1, -0.05) is 17.7 Å². The first-order valence-corrected chi connectivity index (χ1v) is 7.97. The van der Waals surface area contributed by atoms with Gasteiger partial charge in [0.2, 0.25) is 0 Å². The normalized spacial score (nSPS) is 10.7. The third kappa shape index (κ3) is 3.88. The van der Waals surface area contributed by atoms with Gasteiger partial charge >= 0.3 is 0 Å². The minimum absolute atomic E-state index is 0.224. The third-order valence-electron chi connectivity index (χ3n) is 3.81. The Labute approximate surface area is 146 Å². The van der Waals surface area contributed by atoms with Crippen LogP contribution in [0.25, 0.3) is 0 Å². The molecule has 0 saturated heterocycles. The zero-order chi connectivity index (χ0) is 18.0. The maximum atomic E-state index is 12.3. The number of hydrogen-bond donors (Lipinski definition) is 1. The number of nitrogens with zero attached hydrogens (tertiary/aromatic N) is 4. The van der Waals surface area contributed by atoms with E-state index in [2.05, 4.69) is 21.6 Å². The Balaban J connectivity index is 1.62. The summed E-state index contributed by atoms with van der Waals surface area (Å²) in [5.74, 6) is 0.593. The summed E-state index contributed by atoms with van der Waals surface area (Å²) in [7, 11) is 1.74. The van der Waals surface area contributed by atoms with Gasteiger partial charge in [-0.2, -0.15) is 10.2 Å². The average molecular weight is 339 g/mol. The van der Waals surface area contributed by atoms with Crippen LogP contribution in [0, 0.1) is 20.8 Å². The molecule has 1 amide bonds. The maximum absolute atomic E-state index is 12.3. The number of anilines is 1. The number of benzene rings is 1. The second-order valence-electron chi connectivity index (χ2n) is 6.06. The van der Waals surface area contributed by atoms with Gasteiger partial charge in [0.15, 0.2) is 6.73 Å². The smallest absolute Gasteiger partial charge is 0.274 e. The highest BCUT2D eigenvalue weighted by Crippen LogP contribution is 2.19. The summed E-state index contributed by atoms with van der Waals surface area (Å²) in [6, 6.07) is 7.76. The quantitative estimate of drug-likeness (QED) is 0.776. The molecule has 2 heterocycles. The summed E-state index contributed by atoms with van der Waals surface area (Å²) in [4.78, 5) is 12.3. The molecule has 0 unspecified atom stereocenters. The molecule has 0 aliphatic carbocycles. The fourth-order valence-electron chi connectivity index (χ4n) is 2.61. The molecule has 1 aromatic carbocycles. The van der Waals surface area contributed by atoms with E-state index in [1.165, 1.54) is 5.56 Å². The molecule has 0 bridgehead atoms. The summed E-state index contributed by atoms with van der Waals surface area (Å²) in [5, 5.41) is 11.2. The van der Waals surface area contributed by atoms with Crippen molar-refractivity contribution in [3.8, 4) is 5.75 Å². The number of rotatable bonds is 5. The van der Waals surface area contributed by atoms with Crippen molar-refractivity contribution in [1.82, 2.24) is 19.6 Å². The van der Waals surface area contributed by atoms with Crippen LogP contribution in [0.3, 0.4) is 0 Å². The van der Waals surface area contributed by atoms with E-state index in [4.69, 9.17) is 4.74 Å². The monoisotopic (exact) mass is 339 g/mol. The van der Waals surface area contributed by atoms with E-state index in [0.717, 1.165) is 17.0 Å². The first-order valence-electron chi connectivity index (χ1n) is 7.97. The largest absolute Gasteiger partial charge is 0.471 e. The van der Waals surface area contributed by atoms with E-state index in [0.29, 0.717) is 11.4 Å². The van der Waals surface area contributed by atoms with Crippen molar-refractivity contribution in [1.29, 1.82) is 0 Å². The van der Waals surface area contributed by atoms with Crippen LogP contribution >= 0.6 is 0 Å². The van der Waals surface area contributed by atoms with Gasteiger partial charge in [-0.05, 0) is 38.5 Å². The fraction of sp³-hybridized carbons (Fsp3) is 0.278. The molecule has 3 aromatic rings. The van der Waals surface area contributed by atoms with Crippen LogP contribution in [-0.4, -0.2) is 25.5 Å². The zero-order valence-electron chi connectivity index (χ0n) is 14.8. The molecule has 0 atom stereocenters. The van der Waals surface area contributed by atoms with E-state index >= 15 is 0 Å². The number of carbonyl (C=O) groups is 1. The molecule has 25 heavy (non-hydrogen) atoms. The lowest BCUT2D eigenvalue weighted by Gasteiger charge is -2.09. The van der Waals surface area contributed by atoms with Crippen LogP contribution in [0.5, 0.6) is 5.75 Å². The average Bonchev–Trinajstić information content (AvgIpc) is 3.12. The predicted molar refractivity (Wildman–Crippen MR) is 94.7 cm³/mol. The van der Waals surface area contributed by atoms with Gasteiger partial charge in [0, 0.05) is 7.05 Å². The minimum Gasteiger partial charge on any atom is -0.471 e. The van der Waals surface area contributed by atoms with Crippen molar-refractivity contribution in [3.63, 3.8) is 0 Å². The lowest BCUT2D eigenvalue weighted by Crippen LogP contribution is -2.15. The highest BCUT2D eigenvalue weighted by Gasteiger charge is 2.13. The molecule has 7 heteroatoms. The molecule has 0 saturated carbocycles. The van der Waals surface area contributed by atoms with E-state index in [1.807, 2.05) is 32.9 Å². The molecular weight excluding hydrogens is 318 g/mol. The molecule has 1 N–H and O–H groups in total. The first kappa shape index (κ1) is 16.8. The summed E-state index contributed by atoms with van der Waals surface area (Å²) in [6.07, 6.45) is 3.32. The number of hydrogen-bond acceptors (Lipinski definition) is 4. The summed E-state index contributed by atoms with van der Waals surface area (Å²) in [6.45, 7) is 6.17. The predicted octanol–water partition coefficient (Wildman–Crippen LogP) is 2.83. The highest BCUT2D eigenvalue weighted by molar-refractivity contribution is 6.02. The minimum atomic E-state index is -0.224. The van der Waals surface area contributed by atoms with Crippen LogP contribution in [0.1, 0.15) is 27.3 Å². The lowest BCUT2D eigenvalue weighted by molar-refractivity contribution is 0.101. The molecule has 0 aliphatic rings. The van der Waals surface area contributed by atoms with Gasteiger partial charge in [0.25, 0.3) is 5.91 Å². The van der Waals surface area contributed by atoms with Gasteiger partial charge in [-0.15, -0.1) is 0 Å². The van der Waals surface area contributed by atoms with Crippen molar-refractivity contribution < 1.29 is 9.53 Å². The molecule has 0 fully saturated rings. The van der Waals surface area contributed by atoms with Crippen molar-refractivity contribution in [2.24, 2.45) is 7.05 Å². The number of nitrogens with one attached hydrogen (secondary N) is 1. The number of aromatic nitrogens is 4. The van der Waals surface area contributed by atoms with Crippen LogP contribution in [0.2, 0.25) is 0 Å². The van der Waals surface area contributed by atoms with E-state index in [1.54, 1.807) is 34.9 Å². The molecule has 7 nitrogen and oxygen atoms in total. The van der Waals surface area contributed by atoms with Crippen molar-refractivity contribution in [2.75, 3.05) is 5.32 Å². The maximum Gasteiger partial charge on any atom is 0.274 e. The van der Waals surface area contributed by atoms with Crippen LogP contribution in [0.15, 0.2) is 36.7 Å². The molecule has 0 aliphatic heterocycles. The van der Waals surface area contributed by atoms with Gasteiger partial charge in [0.05, 0.1) is 23.8 Å². The molecular formula is C18H21N5O2. The number of amides is 1. The SMILES string of the molecule is Cc1ccc(OCn2cc(NC(=O)c3cc(C)nn3C)cn2)c(C)c1. The van der Waals surface area contributed by atoms with Crippen molar-refractivity contribution in [3.05, 3.63) is 59.2 Å². The van der Waals surface area contributed by atoms with Gasteiger partial charge < -0.3 is 10.1 Å². The van der Waals surface area contributed by atoms with Crippen LogP contribution in [0.4, 0.5) is 5.69 Å². The summed E-state index contributed by atoms with van der Waals surface area (Å²) >= 11 is 0. The molecule has 3 rings (SSSR count). The Kier molecular flexibility index (Phi) is 4.56. The Hall–Kier alpha value is -3.09. The first-order chi connectivity index (χ1) is 11.9.